The molecule has 0 aromatic heterocycles. The lowest BCUT2D eigenvalue weighted by Crippen LogP contribution is -1.71. The van der Waals surface area contributed by atoms with Gasteiger partial charge in [0.05, 0.1) is 0 Å². The Morgan fingerprint density at radius 2 is 1.36 bits per heavy atom. The van der Waals surface area contributed by atoms with Crippen molar-refractivity contribution in [1.29, 1.82) is 0 Å². The zero-order chi connectivity index (χ0) is 9.44. The van der Waals surface area contributed by atoms with Gasteiger partial charge >= 0.3 is 0 Å². The molecule has 0 atom stereocenters. The van der Waals surface area contributed by atoms with Crippen LogP contribution in [0.2, 0.25) is 0 Å². The molecule has 0 nitrogen and oxygen atoms in total. The van der Waals surface area contributed by atoms with E-state index in [0.29, 0.717) is 0 Å². The van der Waals surface area contributed by atoms with Crippen LogP contribution >= 0.6 is 11.6 Å². The molecule has 0 aromatic carbocycles. The summed E-state index contributed by atoms with van der Waals surface area (Å²) in [6.45, 7) is 12.1. The average molecular weight is 175 g/mol. The van der Waals surface area contributed by atoms with Crippen molar-refractivity contribution < 1.29 is 0 Å². The summed E-state index contributed by atoms with van der Waals surface area (Å²) < 4.78 is 0. The van der Waals surface area contributed by atoms with Crippen molar-refractivity contribution in [3.8, 4) is 0 Å². The van der Waals surface area contributed by atoms with Crippen LogP contribution in [0, 0.1) is 0 Å². The normalized spacial score (nSPS) is 7.55. The van der Waals surface area contributed by atoms with Gasteiger partial charge in [0.1, 0.15) is 0 Å². The van der Waals surface area contributed by atoms with Crippen molar-refractivity contribution in [1.82, 2.24) is 0 Å². The average Bonchev–Trinajstić information content (AvgIpc) is 1.90. The molecule has 0 aliphatic rings. The minimum atomic E-state index is 0.856. The quantitative estimate of drug-likeness (QED) is 0.513. The molecule has 0 saturated carbocycles. The van der Waals surface area contributed by atoms with Gasteiger partial charge in [-0.2, -0.15) is 0 Å². The fourth-order valence-electron chi connectivity index (χ4n) is 0.398. The van der Waals surface area contributed by atoms with E-state index < -0.39 is 0 Å². The summed E-state index contributed by atoms with van der Waals surface area (Å²) in [5.74, 6) is 0. The highest BCUT2D eigenvalue weighted by molar-refractivity contribution is 6.31. The van der Waals surface area contributed by atoms with Crippen molar-refractivity contribution in [3.05, 3.63) is 22.3 Å². The van der Waals surface area contributed by atoms with Crippen LogP contribution in [-0.2, 0) is 0 Å². The smallest absolute Gasteiger partial charge is 0.0391 e. The van der Waals surface area contributed by atoms with Crippen LogP contribution in [0.4, 0.5) is 0 Å². The molecule has 0 spiro atoms. The van der Waals surface area contributed by atoms with Gasteiger partial charge in [0.2, 0.25) is 0 Å². The van der Waals surface area contributed by atoms with Crippen LogP contribution in [0.15, 0.2) is 22.3 Å². The molecule has 0 rings (SSSR count). The largest absolute Gasteiger partial charge is 0.0844 e. The lowest BCUT2D eigenvalue weighted by molar-refractivity contribution is 1.33. The van der Waals surface area contributed by atoms with Gasteiger partial charge in [0, 0.05) is 5.03 Å². The highest BCUT2D eigenvalue weighted by atomic mass is 35.5. The third-order valence-corrected chi connectivity index (χ3v) is 1.38. The fraction of sp³-hybridized carbons (Fsp3) is 0.600. The summed E-state index contributed by atoms with van der Waals surface area (Å²) in [6, 6.07) is 0. The zero-order valence-corrected chi connectivity index (χ0v) is 9.21. The van der Waals surface area contributed by atoms with Crippen molar-refractivity contribution in [2.45, 2.75) is 41.5 Å². The fourth-order valence-corrected chi connectivity index (χ4v) is 0.616. The SMILES string of the molecule is CC.CC(C)=CC(Cl)=C(C)C. The van der Waals surface area contributed by atoms with Gasteiger partial charge in [0.15, 0.2) is 0 Å². The van der Waals surface area contributed by atoms with Crippen molar-refractivity contribution in [2.24, 2.45) is 0 Å². The molecule has 0 saturated heterocycles. The Morgan fingerprint density at radius 3 is 1.45 bits per heavy atom. The standard InChI is InChI=1S/C8H13Cl.C2H6/c1-6(2)5-8(9)7(3)4;1-2/h5H,1-4H3;1-2H3. The first-order valence-corrected chi connectivity index (χ1v) is 4.39. The van der Waals surface area contributed by atoms with E-state index in [1.165, 1.54) is 5.57 Å². The third-order valence-electron chi connectivity index (χ3n) is 0.893. The molecule has 11 heavy (non-hydrogen) atoms. The first-order valence-electron chi connectivity index (χ1n) is 4.02. The second kappa shape index (κ2) is 7.87. The van der Waals surface area contributed by atoms with Crippen LogP contribution < -0.4 is 0 Å². The molecule has 0 aliphatic heterocycles. The molecule has 0 aliphatic carbocycles. The van der Waals surface area contributed by atoms with E-state index in [2.05, 4.69) is 0 Å². The maximum absolute atomic E-state index is 5.81. The highest BCUT2D eigenvalue weighted by Gasteiger charge is 1.87. The monoisotopic (exact) mass is 174 g/mol. The third kappa shape index (κ3) is 9.77. The maximum Gasteiger partial charge on any atom is 0.0391 e. The molecular formula is C10H19Cl. The summed E-state index contributed by atoms with van der Waals surface area (Å²) >= 11 is 5.81. The molecule has 0 fully saturated rings. The van der Waals surface area contributed by atoms with Gasteiger partial charge in [-0.3, -0.25) is 0 Å². The zero-order valence-electron chi connectivity index (χ0n) is 8.46. The minimum Gasteiger partial charge on any atom is -0.0844 e. The molecule has 0 amide bonds. The summed E-state index contributed by atoms with van der Waals surface area (Å²) in [6.07, 6.45) is 1.97. The Bertz CT molecular complexity index is 144. The molecule has 0 bridgehead atoms. The number of rotatable bonds is 1. The molecule has 0 aromatic rings. The number of allylic oxidation sites excluding steroid dienone is 4. The van der Waals surface area contributed by atoms with Gasteiger partial charge in [-0.05, 0) is 33.8 Å². The van der Waals surface area contributed by atoms with E-state index in [1.807, 2.05) is 47.6 Å². The molecule has 66 valence electrons. The molecule has 0 unspecified atom stereocenters. The maximum atomic E-state index is 5.81. The first-order chi connectivity index (χ1) is 5.04. The Balaban J connectivity index is 0. The van der Waals surface area contributed by atoms with Crippen molar-refractivity contribution in [2.75, 3.05) is 0 Å². The van der Waals surface area contributed by atoms with Crippen molar-refractivity contribution in [3.63, 3.8) is 0 Å². The molecule has 1 heteroatoms. The molecule has 0 N–H and O–H groups in total. The summed E-state index contributed by atoms with van der Waals surface area (Å²) in [5.41, 5.74) is 2.40. The predicted octanol–water partition coefficient (Wildman–Crippen LogP) is 4.51. The van der Waals surface area contributed by atoms with Crippen LogP contribution in [0.1, 0.15) is 41.5 Å². The van der Waals surface area contributed by atoms with Gasteiger partial charge in [-0.15, -0.1) is 0 Å². The highest BCUT2D eigenvalue weighted by Crippen LogP contribution is 2.11. The van der Waals surface area contributed by atoms with Gasteiger partial charge in [0.25, 0.3) is 0 Å². The second-order valence-corrected chi connectivity index (χ2v) is 2.98. The van der Waals surface area contributed by atoms with Crippen LogP contribution in [0.3, 0.4) is 0 Å². The summed E-state index contributed by atoms with van der Waals surface area (Å²) in [5, 5.41) is 0.856. The Morgan fingerprint density at radius 1 is 1.00 bits per heavy atom. The van der Waals surface area contributed by atoms with Gasteiger partial charge in [-0.1, -0.05) is 36.6 Å². The van der Waals surface area contributed by atoms with Crippen LogP contribution in [0.25, 0.3) is 0 Å². The minimum absolute atomic E-state index is 0.856. The van der Waals surface area contributed by atoms with Crippen LogP contribution in [0.5, 0.6) is 0 Å². The van der Waals surface area contributed by atoms with E-state index in [1.54, 1.807) is 0 Å². The summed E-state index contributed by atoms with van der Waals surface area (Å²) in [4.78, 5) is 0. The van der Waals surface area contributed by atoms with E-state index in [-0.39, 0.29) is 0 Å². The number of hydrogen-bond acceptors (Lipinski definition) is 0. The van der Waals surface area contributed by atoms with E-state index >= 15 is 0 Å². The lowest BCUT2D eigenvalue weighted by atomic mass is 10.2. The van der Waals surface area contributed by atoms with Gasteiger partial charge < -0.3 is 0 Å². The second-order valence-electron chi connectivity index (χ2n) is 2.57. The van der Waals surface area contributed by atoms with Crippen molar-refractivity contribution >= 4 is 11.6 Å². The number of hydrogen-bond donors (Lipinski definition) is 0. The van der Waals surface area contributed by atoms with Crippen LogP contribution in [-0.4, -0.2) is 0 Å². The first kappa shape index (κ1) is 13.4. The number of halogens is 1. The lowest BCUT2D eigenvalue weighted by Gasteiger charge is -1.92. The molecular weight excluding hydrogens is 156 g/mol. The Hall–Kier alpha value is -0.230. The molecule has 0 radical (unpaired) electrons. The summed E-state index contributed by atoms with van der Waals surface area (Å²) in [7, 11) is 0. The van der Waals surface area contributed by atoms with E-state index in [0.717, 1.165) is 10.6 Å². The van der Waals surface area contributed by atoms with Gasteiger partial charge in [-0.25, -0.2) is 0 Å². The Kier molecular flexibility index (Phi) is 9.57. The topological polar surface area (TPSA) is 0 Å². The Labute approximate surface area is 76.0 Å². The predicted molar refractivity (Wildman–Crippen MR) is 55.0 cm³/mol. The van der Waals surface area contributed by atoms with E-state index in [4.69, 9.17) is 11.6 Å². The molecule has 0 heterocycles. The van der Waals surface area contributed by atoms with E-state index in [9.17, 15) is 0 Å².